The van der Waals surface area contributed by atoms with Gasteiger partial charge in [-0.05, 0) is 64.6 Å². The molecule has 1 aliphatic heterocycles. The Bertz CT molecular complexity index is 1310. The standard InChI is InChI=1S/C32H51N3O9Si/c1-18-23-19(24(38)31(6,42)32(18)11-12-32)14-30(5,17-43-45(7,8)29(2,3)4)25(23)44-28(41)22-10-9-13-35(22)27(40)21(16-37)34-26(39)20(33)15-36/h14,20-22,25,36-37,42H,9-13,15-17,33H2,1-8H3,(H,34,39)/t20-,21-,22-,25+,30-,31-/m0/s1. The number of esters is 1. The highest BCUT2D eigenvalue weighted by Crippen LogP contribution is 2.66. The minimum absolute atomic E-state index is 0.0920. The molecule has 0 radical (unpaired) electrons. The molecule has 1 saturated heterocycles. The largest absolute Gasteiger partial charge is 0.455 e. The van der Waals surface area contributed by atoms with Crippen LogP contribution in [0.4, 0.5) is 0 Å². The van der Waals surface area contributed by atoms with E-state index in [9.17, 15) is 34.5 Å². The Labute approximate surface area is 266 Å². The molecule has 6 N–H and O–H groups in total. The molecule has 0 aromatic rings. The lowest BCUT2D eigenvalue weighted by molar-refractivity contribution is -0.161. The average molecular weight is 650 g/mol. The maximum atomic E-state index is 14.0. The molecule has 12 nitrogen and oxygen atoms in total. The first-order chi connectivity index (χ1) is 20.7. The van der Waals surface area contributed by atoms with E-state index in [-0.39, 0.29) is 18.2 Å². The number of nitrogens with two attached hydrogens (primary N) is 1. The number of aliphatic hydroxyl groups excluding tert-OH is 2. The van der Waals surface area contributed by atoms with Crippen LogP contribution in [0, 0.1) is 10.8 Å². The van der Waals surface area contributed by atoms with Crippen molar-refractivity contribution in [2.75, 3.05) is 26.4 Å². The van der Waals surface area contributed by atoms with Crippen molar-refractivity contribution in [1.82, 2.24) is 10.2 Å². The van der Waals surface area contributed by atoms with Gasteiger partial charge in [0.15, 0.2) is 14.1 Å². The molecule has 3 aliphatic carbocycles. The van der Waals surface area contributed by atoms with Crippen LogP contribution in [-0.2, 0) is 28.3 Å². The van der Waals surface area contributed by atoms with E-state index >= 15 is 0 Å². The number of Topliss-reactive ketones (excluding diaryl/α,β-unsaturated/α-hetero) is 1. The van der Waals surface area contributed by atoms with Crippen LogP contribution < -0.4 is 11.1 Å². The third-order valence-electron chi connectivity index (χ3n) is 11.0. The van der Waals surface area contributed by atoms with E-state index in [0.29, 0.717) is 36.8 Å². The Balaban J connectivity index is 1.66. The zero-order chi connectivity index (χ0) is 33.9. The number of rotatable bonds is 10. The predicted molar refractivity (Wildman–Crippen MR) is 168 cm³/mol. The van der Waals surface area contributed by atoms with E-state index in [1.165, 1.54) is 4.90 Å². The van der Waals surface area contributed by atoms with E-state index in [1.54, 1.807) is 13.0 Å². The van der Waals surface area contributed by atoms with Crippen molar-refractivity contribution in [2.24, 2.45) is 16.6 Å². The third-order valence-corrected chi connectivity index (χ3v) is 15.5. The Kier molecular flexibility index (Phi) is 9.44. The Morgan fingerprint density at radius 1 is 1.18 bits per heavy atom. The second-order valence-electron chi connectivity index (χ2n) is 15.2. The number of nitrogens with one attached hydrogen (secondary N) is 1. The van der Waals surface area contributed by atoms with E-state index < -0.39 is 85.8 Å². The summed E-state index contributed by atoms with van der Waals surface area (Å²) < 4.78 is 13.0. The van der Waals surface area contributed by atoms with Crippen molar-refractivity contribution in [1.29, 1.82) is 0 Å². The molecule has 45 heavy (non-hydrogen) atoms. The van der Waals surface area contributed by atoms with Gasteiger partial charge in [-0.15, -0.1) is 0 Å². The van der Waals surface area contributed by atoms with Gasteiger partial charge in [0.1, 0.15) is 29.8 Å². The highest BCUT2D eigenvalue weighted by atomic mass is 28.4. The number of amides is 2. The minimum Gasteiger partial charge on any atom is -0.455 e. The van der Waals surface area contributed by atoms with Crippen LogP contribution in [0.3, 0.4) is 0 Å². The van der Waals surface area contributed by atoms with Crippen LogP contribution in [0.1, 0.15) is 67.2 Å². The third kappa shape index (κ3) is 5.95. The zero-order valence-corrected chi connectivity index (χ0v) is 28.9. The first-order valence-electron chi connectivity index (χ1n) is 15.8. The van der Waals surface area contributed by atoms with Crippen LogP contribution in [0.2, 0.25) is 18.1 Å². The molecule has 13 heteroatoms. The van der Waals surface area contributed by atoms with Crippen molar-refractivity contribution in [3.05, 3.63) is 22.8 Å². The number of carbonyl (C=O) groups excluding carboxylic acids is 4. The second kappa shape index (κ2) is 12.0. The summed E-state index contributed by atoms with van der Waals surface area (Å²) in [7, 11) is -2.26. The molecule has 0 unspecified atom stereocenters. The fourth-order valence-corrected chi connectivity index (χ4v) is 7.82. The van der Waals surface area contributed by atoms with Crippen molar-refractivity contribution >= 4 is 31.9 Å². The number of carbonyl (C=O) groups is 4. The molecule has 2 amide bonds. The first kappa shape index (κ1) is 35.4. The number of ether oxygens (including phenoxy) is 1. The summed E-state index contributed by atoms with van der Waals surface area (Å²) in [5.74, 6) is -2.53. The monoisotopic (exact) mass is 649 g/mol. The van der Waals surface area contributed by atoms with Gasteiger partial charge in [0, 0.05) is 35.1 Å². The molecule has 1 saturated carbocycles. The fourth-order valence-electron chi connectivity index (χ4n) is 6.71. The topological polar surface area (TPSA) is 189 Å². The average Bonchev–Trinajstić information content (AvgIpc) is 3.55. The Morgan fingerprint density at radius 2 is 1.80 bits per heavy atom. The van der Waals surface area contributed by atoms with E-state index in [1.807, 2.05) is 13.8 Å². The lowest BCUT2D eigenvalue weighted by atomic mass is 9.67. The molecule has 0 aromatic heterocycles. The first-order valence-corrected chi connectivity index (χ1v) is 18.7. The van der Waals surface area contributed by atoms with Gasteiger partial charge in [-0.25, -0.2) is 4.79 Å². The van der Waals surface area contributed by atoms with Crippen LogP contribution >= 0.6 is 0 Å². The summed E-state index contributed by atoms with van der Waals surface area (Å²) in [4.78, 5) is 54.8. The molecule has 6 atom stereocenters. The number of hydrogen-bond acceptors (Lipinski definition) is 10. The smallest absolute Gasteiger partial charge is 0.329 e. The molecule has 2 fully saturated rings. The minimum atomic E-state index is -2.26. The quantitative estimate of drug-likeness (QED) is 0.169. The summed E-state index contributed by atoms with van der Waals surface area (Å²) >= 11 is 0. The molecule has 252 valence electrons. The Morgan fingerprint density at radius 3 is 2.33 bits per heavy atom. The normalized spacial score (nSPS) is 30.6. The predicted octanol–water partition coefficient (Wildman–Crippen LogP) is 1.08. The molecule has 1 heterocycles. The van der Waals surface area contributed by atoms with Gasteiger partial charge in [0.05, 0.1) is 13.2 Å². The lowest BCUT2D eigenvalue weighted by Gasteiger charge is -2.42. The van der Waals surface area contributed by atoms with Crippen LogP contribution in [-0.4, -0.2) is 108 Å². The molecule has 0 bridgehead atoms. The number of likely N-dealkylation sites (tertiary alicyclic amines) is 1. The van der Waals surface area contributed by atoms with Crippen molar-refractivity contribution in [3.8, 4) is 0 Å². The summed E-state index contributed by atoms with van der Waals surface area (Å²) in [5, 5.41) is 32.8. The summed E-state index contributed by atoms with van der Waals surface area (Å²) in [6.45, 7) is 15.0. The fraction of sp³-hybridized carbons (Fsp3) is 0.750. The number of nitrogens with zero attached hydrogens (tertiary/aromatic N) is 1. The van der Waals surface area contributed by atoms with Crippen molar-refractivity contribution in [3.63, 3.8) is 0 Å². The number of ketones is 1. The van der Waals surface area contributed by atoms with Crippen molar-refractivity contribution < 1.29 is 43.7 Å². The highest BCUT2D eigenvalue weighted by molar-refractivity contribution is 6.74. The zero-order valence-electron chi connectivity index (χ0n) is 27.9. The van der Waals surface area contributed by atoms with Gasteiger partial charge in [0.2, 0.25) is 11.8 Å². The SMILES string of the molecule is CC1=C2C(=C[C@@](C)(CO[Si](C)(C)C(C)(C)C)[C@@H]2OC(=O)[C@@H]2CCCN2C(=O)[C@H](CO)NC(=O)[C@@H](N)CO)C(=O)[C@](C)(O)C12CC2. The van der Waals surface area contributed by atoms with Crippen LogP contribution in [0.15, 0.2) is 22.8 Å². The molecule has 1 spiro atoms. The van der Waals surface area contributed by atoms with Gasteiger partial charge < -0.3 is 40.4 Å². The maximum absolute atomic E-state index is 14.0. The van der Waals surface area contributed by atoms with E-state index in [4.69, 9.17) is 14.9 Å². The van der Waals surface area contributed by atoms with E-state index in [2.05, 4.69) is 39.2 Å². The number of hydrogen-bond donors (Lipinski definition) is 5. The number of fused-ring (bicyclic) bond motifs is 1. The van der Waals surface area contributed by atoms with Gasteiger partial charge >= 0.3 is 5.97 Å². The number of aliphatic hydroxyl groups is 3. The van der Waals surface area contributed by atoms with Gasteiger partial charge in [-0.3, -0.25) is 14.4 Å². The molecule has 4 aliphatic rings. The summed E-state index contributed by atoms with van der Waals surface area (Å²) in [5.41, 5.74) is 4.10. The maximum Gasteiger partial charge on any atom is 0.329 e. The van der Waals surface area contributed by atoms with Gasteiger partial charge in [-0.2, -0.15) is 0 Å². The molecule has 4 rings (SSSR count). The van der Waals surface area contributed by atoms with E-state index in [0.717, 1.165) is 5.57 Å². The molecular formula is C32H51N3O9Si. The summed E-state index contributed by atoms with van der Waals surface area (Å²) in [6, 6.07) is -3.61. The second-order valence-corrected chi connectivity index (χ2v) is 20.0. The summed E-state index contributed by atoms with van der Waals surface area (Å²) in [6.07, 6.45) is 3.00. The highest BCUT2D eigenvalue weighted by Gasteiger charge is 2.67. The van der Waals surface area contributed by atoms with Gasteiger partial charge in [-0.1, -0.05) is 32.4 Å². The van der Waals surface area contributed by atoms with Crippen molar-refractivity contribution in [2.45, 2.75) is 115 Å². The molecule has 0 aromatic carbocycles. The van der Waals surface area contributed by atoms with Gasteiger partial charge in [0.25, 0.3) is 0 Å². The molecular weight excluding hydrogens is 598 g/mol. The van der Waals surface area contributed by atoms with Crippen LogP contribution in [0.25, 0.3) is 0 Å². The van der Waals surface area contributed by atoms with Crippen LogP contribution in [0.5, 0.6) is 0 Å². The lowest BCUT2D eigenvalue weighted by Crippen LogP contribution is -2.57. The Hall–Kier alpha value is -2.42.